The summed E-state index contributed by atoms with van der Waals surface area (Å²) in [7, 11) is -4.07. The van der Waals surface area contributed by atoms with Crippen LogP contribution in [0.5, 0.6) is 0 Å². The van der Waals surface area contributed by atoms with E-state index in [9.17, 15) is 18.0 Å². The molecule has 0 aliphatic heterocycles. The van der Waals surface area contributed by atoms with Crippen LogP contribution in [0.3, 0.4) is 0 Å². The molecule has 0 spiro atoms. The third-order valence-corrected chi connectivity index (χ3v) is 8.76. The van der Waals surface area contributed by atoms with E-state index >= 15 is 0 Å². The fraction of sp³-hybridized carbons (Fsp3) is 0.375. The summed E-state index contributed by atoms with van der Waals surface area (Å²) in [6.45, 7) is 9.42. The van der Waals surface area contributed by atoms with E-state index in [1.165, 1.54) is 16.4 Å². The van der Waals surface area contributed by atoms with Crippen LogP contribution in [0.4, 0.5) is 5.69 Å². The molecular weight excluding hydrogens is 522 g/mol. The van der Waals surface area contributed by atoms with Gasteiger partial charge >= 0.3 is 0 Å². The highest BCUT2D eigenvalue weighted by Gasteiger charge is 2.33. The van der Waals surface area contributed by atoms with Crippen LogP contribution in [0.15, 0.2) is 83.8 Å². The number of nitrogens with zero attached hydrogens (tertiary/aromatic N) is 2. The average Bonchev–Trinajstić information content (AvgIpc) is 2.94. The zero-order chi connectivity index (χ0) is 29.3. The van der Waals surface area contributed by atoms with Crippen molar-refractivity contribution in [1.29, 1.82) is 0 Å². The maximum atomic E-state index is 14.1. The maximum absolute atomic E-state index is 14.1. The SMILES string of the molecule is CCC(C)NC(=O)C(CC)N(CCc1ccccc1)C(=O)CN(c1cc(C)cc(C)c1)S(=O)(=O)c1ccccc1. The Kier molecular flexibility index (Phi) is 10.9. The minimum absolute atomic E-state index is 0.0437. The Labute approximate surface area is 239 Å². The minimum Gasteiger partial charge on any atom is -0.352 e. The molecule has 0 saturated heterocycles. The number of rotatable bonds is 13. The topological polar surface area (TPSA) is 86.8 Å². The fourth-order valence-corrected chi connectivity index (χ4v) is 6.10. The van der Waals surface area contributed by atoms with Gasteiger partial charge in [0.25, 0.3) is 10.0 Å². The molecule has 40 heavy (non-hydrogen) atoms. The highest BCUT2D eigenvalue weighted by Crippen LogP contribution is 2.26. The number of hydrogen-bond donors (Lipinski definition) is 1. The summed E-state index contributed by atoms with van der Waals surface area (Å²) in [6.07, 6.45) is 1.70. The lowest BCUT2D eigenvalue weighted by molar-refractivity contribution is -0.139. The van der Waals surface area contributed by atoms with Crippen LogP contribution in [0.25, 0.3) is 0 Å². The number of nitrogens with one attached hydrogen (secondary N) is 1. The van der Waals surface area contributed by atoms with Crippen molar-refractivity contribution < 1.29 is 18.0 Å². The lowest BCUT2D eigenvalue weighted by Crippen LogP contribution is -2.54. The lowest BCUT2D eigenvalue weighted by Gasteiger charge is -2.34. The molecule has 8 heteroatoms. The van der Waals surface area contributed by atoms with Crippen molar-refractivity contribution in [3.8, 4) is 0 Å². The van der Waals surface area contributed by atoms with Crippen molar-refractivity contribution in [2.24, 2.45) is 0 Å². The van der Waals surface area contributed by atoms with Crippen molar-refractivity contribution in [1.82, 2.24) is 10.2 Å². The second-order valence-corrected chi connectivity index (χ2v) is 12.1. The van der Waals surface area contributed by atoms with E-state index in [-0.39, 0.29) is 23.4 Å². The van der Waals surface area contributed by atoms with Crippen LogP contribution in [0.2, 0.25) is 0 Å². The Bertz CT molecular complexity index is 1360. The van der Waals surface area contributed by atoms with Gasteiger partial charge in [-0.3, -0.25) is 13.9 Å². The van der Waals surface area contributed by atoms with Gasteiger partial charge in [-0.1, -0.05) is 68.4 Å². The Hall–Kier alpha value is -3.65. The van der Waals surface area contributed by atoms with Gasteiger partial charge in [0, 0.05) is 12.6 Å². The van der Waals surface area contributed by atoms with Gasteiger partial charge < -0.3 is 10.2 Å². The molecule has 3 rings (SSSR count). The van der Waals surface area contributed by atoms with Gasteiger partial charge in [-0.05, 0) is 81.0 Å². The third kappa shape index (κ3) is 7.94. The second kappa shape index (κ2) is 14.1. The molecule has 3 aromatic carbocycles. The average molecular weight is 564 g/mol. The number of hydrogen-bond acceptors (Lipinski definition) is 4. The molecule has 214 valence electrons. The molecule has 2 amide bonds. The number of amides is 2. The zero-order valence-corrected chi connectivity index (χ0v) is 24.9. The summed E-state index contributed by atoms with van der Waals surface area (Å²) in [4.78, 5) is 29.1. The molecule has 0 bridgehead atoms. The normalized spacial score (nSPS) is 12.8. The molecule has 0 aliphatic carbocycles. The van der Waals surface area contributed by atoms with Crippen LogP contribution < -0.4 is 9.62 Å². The molecule has 0 aromatic heterocycles. The molecule has 2 unspecified atom stereocenters. The van der Waals surface area contributed by atoms with E-state index in [0.29, 0.717) is 18.5 Å². The largest absolute Gasteiger partial charge is 0.352 e. The number of sulfonamides is 1. The van der Waals surface area contributed by atoms with E-state index in [0.717, 1.165) is 23.1 Å². The van der Waals surface area contributed by atoms with Crippen molar-refractivity contribution >= 4 is 27.5 Å². The van der Waals surface area contributed by atoms with Crippen LogP contribution in [0, 0.1) is 13.8 Å². The first-order chi connectivity index (χ1) is 19.1. The first kappa shape index (κ1) is 30.9. The minimum atomic E-state index is -4.07. The Morgan fingerprint density at radius 2 is 1.43 bits per heavy atom. The molecule has 0 radical (unpaired) electrons. The summed E-state index contributed by atoms with van der Waals surface area (Å²) < 4.78 is 29.0. The third-order valence-electron chi connectivity index (χ3n) is 6.98. The van der Waals surface area contributed by atoms with Gasteiger partial charge in [0.15, 0.2) is 0 Å². The Morgan fingerprint density at radius 1 is 0.850 bits per heavy atom. The fourth-order valence-electron chi connectivity index (χ4n) is 4.68. The van der Waals surface area contributed by atoms with E-state index in [1.54, 1.807) is 35.2 Å². The van der Waals surface area contributed by atoms with Crippen molar-refractivity contribution in [3.05, 3.63) is 95.6 Å². The summed E-state index contributed by atoms with van der Waals surface area (Å²) in [6, 6.07) is 22.6. The number of carbonyl (C=O) groups is 2. The molecule has 3 aromatic rings. The van der Waals surface area contributed by atoms with Gasteiger partial charge in [-0.25, -0.2) is 8.42 Å². The molecular formula is C32H41N3O4S. The first-order valence-electron chi connectivity index (χ1n) is 13.9. The molecule has 0 saturated carbocycles. The summed E-state index contributed by atoms with van der Waals surface area (Å²) in [5.74, 6) is -0.664. The predicted molar refractivity (Wildman–Crippen MR) is 161 cm³/mol. The van der Waals surface area contributed by atoms with Gasteiger partial charge in [0.2, 0.25) is 11.8 Å². The number of aryl methyl sites for hydroxylation is 2. The Morgan fingerprint density at radius 3 is 1.98 bits per heavy atom. The van der Waals surface area contributed by atoms with Gasteiger partial charge in [-0.2, -0.15) is 0 Å². The highest BCUT2D eigenvalue weighted by atomic mass is 32.2. The van der Waals surface area contributed by atoms with Gasteiger partial charge in [0.1, 0.15) is 12.6 Å². The molecule has 2 atom stereocenters. The second-order valence-electron chi connectivity index (χ2n) is 10.2. The Balaban J connectivity index is 2.03. The van der Waals surface area contributed by atoms with Crippen molar-refractivity contribution in [2.75, 3.05) is 17.4 Å². The smallest absolute Gasteiger partial charge is 0.264 e. The van der Waals surface area contributed by atoms with Crippen molar-refractivity contribution in [2.45, 2.75) is 70.9 Å². The standard InChI is InChI=1S/C32H41N3O4S/c1-6-26(5)33-32(37)30(7-2)34(19-18-27-14-10-8-11-15-27)31(36)23-35(28-21-24(3)20-25(4)22-28)40(38,39)29-16-12-9-13-17-29/h8-17,20-22,26,30H,6-7,18-19,23H2,1-5H3,(H,33,37). The van der Waals surface area contributed by atoms with Crippen LogP contribution in [-0.2, 0) is 26.0 Å². The number of benzene rings is 3. The number of anilines is 1. The first-order valence-corrected chi connectivity index (χ1v) is 15.3. The van der Waals surface area contributed by atoms with Crippen LogP contribution in [-0.4, -0.2) is 50.3 Å². The molecule has 0 aliphatic rings. The summed E-state index contributed by atoms with van der Waals surface area (Å²) in [5.41, 5.74) is 3.21. The summed E-state index contributed by atoms with van der Waals surface area (Å²) >= 11 is 0. The quantitative estimate of drug-likeness (QED) is 0.307. The van der Waals surface area contributed by atoms with E-state index in [4.69, 9.17) is 0 Å². The molecule has 7 nitrogen and oxygen atoms in total. The van der Waals surface area contributed by atoms with E-state index < -0.39 is 28.5 Å². The molecule has 1 N–H and O–H groups in total. The van der Waals surface area contributed by atoms with E-state index in [1.807, 2.05) is 71.0 Å². The molecule has 0 fully saturated rings. The van der Waals surface area contributed by atoms with E-state index in [2.05, 4.69) is 5.32 Å². The molecule has 0 heterocycles. The zero-order valence-electron chi connectivity index (χ0n) is 24.1. The van der Waals surface area contributed by atoms with Crippen LogP contribution >= 0.6 is 0 Å². The number of carbonyl (C=O) groups excluding carboxylic acids is 2. The van der Waals surface area contributed by atoms with Crippen molar-refractivity contribution in [3.63, 3.8) is 0 Å². The van der Waals surface area contributed by atoms with Crippen LogP contribution in [0.1, 0.15) is 50.3 Å². The predicted octanol–water partition coefficient (Wildman–Crippen LogP) is 5.26. The highest BCUT2D eigenvalue weighted by molar-refractivity contribution is 7.92. The maximum Gasteiger partial charge on any atom is 0.264 e. The summed E-state index contributed by atoms with van der Waals surface area (Å²) in [5, 5.41) is 3.01. The van der Waals surface area contributed by atoms with Gasteiger partial charge in [0.05, 0.1) is 10.6 Å². The lowest BCUT2D eigenvalue weighted by atomic mass is 10.1. The van der Waals surface area contributed by atoms with Gasteiger partial charge in [-0.15, -0.1) is 0 Å². The monoisotopic (exact) mass is 563 g/mol.